The van der Waals surface area contributed by atoms with Crippen molar-refractivity contribution < 1.29 is 24.8 Å². The van der Waals surface area contributed by atoms with Gasteiger partial charge in [-0.2, -0.15) is 35.9 Å². The van der Waals surface area contributed by atoms with E-state index in [9.17, 15) is 0 Å². The maximum absolute atomic E-state index is 5.21. The molecule has 0 unspecified atom stereocenters. The minimum Gasteiger partial charge on any atom is -0.378 e. The Hall–Kier alpha value is -1.54. The Bertz CT molecular complexity index is 713. The Kier molecular flexibility index (Phi) is 5.63. The van der Waals surface area contributed by atoms with Gasteiger partial charge >= 0.3 is 0 Å². The Morgan fingerprint density at radius 1 is 1.10 bits per heavy atom. The van der Waals surface area contributed by atoms with Crippen LogP contribution < -0.4 is 0 Å². The van der Waals surface area contributed by atoms with Gasteiger partial charge in [-0.1, -0.05) is 24.3 Å². The minimum atomic E-state index is 0. The Labute approximate surface area is 138 Å². The summed E-state index contributed by atoms with van der Waals surface area (Å²) in [5.41, 5.74) is 3.20. The van der Waals surface area contributed by atoms with Gasteiger partial charge in [-0.15, -0.1) is 0 Å². The maximum Gasteiger partial charge on any atom is 0.0884 e. The molecule has 0 aliphatic rings. The average Bonchev–Trinajstić information content (AvgIpc) is 2.49. The second-order valence-electron chi connectivity index (χ2n) is 4.78. The molecule has 0 saturated heterocycles. The molecule has 0 amide bonds. The molecule has 2 aromatic carbocycles. The quantitative estimate of drug-likeness (QED) is 0.560. The summed E-state index contributed by atoms with van der Waals surface area (Å²) >= 11 is 0. The first-order chi connectivity index (χ1) is 9.86. The van der Waals surface area contributed by atoms with Crippen molar-refractivity contribution in [2.45, 2.75) is 13.0 Å². The third-order valence-electron chi connectivity index (χ3n) is 3.30. The van der Waals surface area contributed by atoms with E-state index in [1.807, 2.05) is 18.2 Å². The fourth-order valence-corrected chi connectivity index (χ4v) is 2.41. The molecule has 3 heteroatoms. The van der Waals surface area contributed by atoms with Gasteiger partial charge in [0.15, 0.2) is 0 Å². The van der Waals surface area contributed by atoms with Crippen LogP contribution in [0.4, 0.5) is 0 Å². The van der Waals surface area contributed by atoms with Gasteiger partial charge in [0.1, 0.15) is 0 Å². The number of nitrogens with zero attached hydrogens (tertiary/aromatic N) is 1. The molecule has 3 rings (SSSR count). The van der Waals surface area contributed by atoms with E-state index in [1.54, 1.807) is 7.11 Å². The van der Waals surface area contributed by atoms with Crippen molar-refractivity contribution in [3.8, 4) is 0 Å². The van der Waals surface area contributed by atoms with Crippen LogP contribution in [0.2, 0.25) is 0 Å². The van der Waals surface area contributed by atoms with Crippen molar-refractivity contribution in [2.75, 3.05) is 7.11 Å². The van der Waals surface area contributed by atoms with Crippen LogP contribution in [0.5, 0.6) is 0 Å². The number of benzene rings is 2. The van der Waals surface area contributed by atoms with Crippen molar-refractivity contribution in [1.29, 1.82) is 0 Å². The molecule has 3 aromatic rings. The molecule has 0 atom stereocenters. The van der Waals surface area contributed by atoms with E-state index < -0.39 is 0 Å². The standard InChI is InChI=1S/C18H16NO.Ir/c1-20-13-16-12-15-9-5-6-10-17(15)18(19-16)11-14-7-3-2-4-8-14;/h2-7,9-10,12H,11,13H2,1H3;/q-1;. The van der Waals surface area contributed by atoms with E-state index in [2.05, 4.69) is 42.5 Å². The van der Waals surface area contributed by atoms with Crippen LogP contribution in [0.25, 0.3) is 10.8 Å². The van der Waals surface area contributed by atoms with Gasteiger partial charge in [-0.25, -0.2) is 0 Å². The zero-order chi connectivity index (χ0) is 13.8. The van der Waals surface area contributed by atoms with Crippen molar-refractivity contribution in [2.24, 2.45) is 0 Å². The number of hydrogen-bond donors (Lipinski definition) is 0. The van der Waals surface area contributed by atoms with Gasteiger partial charge in [-0.05, 0) is 17.9 Å². The van der Waals surface area contributed by atoms with Crippen LogP contribution in [-0.4, -0.2) is 12.1 Å². The van der Waals surface area contributed by atoms with Gasteiger partial charge in [0.05, 0.1) is 18.0 Å². The smallest absolute Gasteiger partial charge is 0.0884 e. The van der Waals surface area contributed by atoms with Crippen LogP contribution in [-0.2, 0) is 37.9 Å². The number of ether oxygens (including phenoxy) is 1. The van der Waals surface area contributed by atoms with Crippen LogP contribution in [0, 0.1) is 6.07 Å². The molecule has 0 aliphatic carbocycles. The zero-order valence-corrected chi connectivity index (χ0v) is 14.2. The third-order valence-corrected chi connectivity index (χ3v) is 3.30. The van der Waals surface area contributed by atoms with Crippen molar-refractivity contribution in [3.63, 3.8) is 0 Å². The summed E-state index contributed by atoms with van der Waals surface area (Å²) in [6, 6.07) is 21.7. The molecule has 2 nitrogen and oxygen atoms in total. The second kappa shape index (κ2) is 7.46. The van der Waals surface area contributed by atoms with E-state index >= 15 is 0 Å². The molecule has 0 N–H and O–H groups in total. The maximum atomic E-state index is 5.21. The summed E-state index contributed by atoms with van der Waals surface area (Å²) < 4.78 is 5.21. The molecule has 109 valence electrons. The summed E-state index contributed by atoms with van der Waals surface area (Å²) in [6.07, 6.45) is 0.791. The van der Waals surface area contributed by atoms with Gasteiger partial charge < -0.3 is 4.74 Å². The minimum absolute atomic E-state index is 0. The van der Waals surface area contributed by atoms with Crippen LogP contribution in [0.1, 0.15) is 17.0 Å². The average molecular weight is 455 g/mol. The van der Waals surface area contributed by atoms with Crippen molar-refractivity contribution >= 4 is 10.8 Å². The number of aromatic nitrogens is 1. The normalized spacial score (nSPS) is 10.3. The van der Waals surface area contributed by atoms with E-state index in [0.717, 1.165) is 23.4 Å². The second-order valence-corrected chi connectivity index (χ2v) is 4.78. The van der Waals surface area contributed by atoms with Gasteiger partial charge in [0.2, 0.25) is 0 Å². The van der Waals surface area contributed by atoms with Crippen molar-refractivity contribution in [1.82, 2.24) is 4.98 Å². The molecule has 0 fully saturated rings. The zero-order valence-electron chi connectivity index (χ0n) is 11.8. The number of pyridine rings is 1. The van der Waals surface area contributed by atoms with E-state index in [-0.39, 0.29) is 20.1 Å². The Morgan fingerprint density at radius 2 is 1.90 bits per heavy atom. The molecule has 0 saturated carbocycles. The van der Waals surface area contributed by atoms with Gasteiger partial charge in [-0.3, -0.25) is 4.98 Å². The molecule has 1 heterocycles. The van der Waals surface area contributed by atoms with Crippen LogP contribution >= 0.6 is 0 Å². The monoisotopic (exact) mass is 455 g/mol. The summed E-state index contributed by atoms with van der Waals surface area (Å²) in [5.74, 6) is 0. The third kappa shape index (κ3) is 3.76. The molecule has 1 radical (unpaired) electrons. The molecular weight excluding hydrogens is 438 g/mol. The molecule has 1 aromatic heterocycles. The van der Waals surface area contributed by atoms with Crippen LogP contribution in [0.15, 0.2) is 54.6 Å². The van der Waals surface area contributed by atoms with Crippen LogP contribution in [0.3, 0.4) is 0 Å². The molecule has 0 bridgehead atoms. The summed E-state index contributed by atoms with van der Waals surface area (Å²) in [7, 11) is 1.70. The predicted molar refractivity (Wildman–Crippen MR) is 80.5 cm³/mol. The number of rotatable bonds is 4. The first-order valence-corrected chi connectivity index (χ1v) is 6.69. The van der Waals surface area contributed by atoms with E-state index in [4.69, 9.17) is 9.72 Å². The molecule has 0 aliphatic heterocycles. The number of fused-ring (bicyclic) bond motifs is 1. The largest absolute Gasteiger partial charge is 0.378 e. The molecule has 21 heavy (non-hydrogen) atoms. The van der Waals surface area contributed by atoms with Crippen molar-refractivity contribution in [3.05, 3.63) is 77.6 Å². The first-order valence-electron chi connectivity index (χ1n) is 6.69. The number of methoxy groups -OCH3 is 1. The Morgan fingerprint density at radius 3 is 2.67 bits per heavy atom. The topological polar surface area (TPSA) is 22.1 Å². The molecular formula is C18H16IrNO-. The fraction of sp³-hybridized carbons (Fsp3) is 0.167. The summed E-state index contributed by atoms with van der Waals surface area (Å²) in [6.45, 7) is 0.538. The predicted octanol–water partition coefficient (Wildman–Crippen LogP) is 3.77. The SMILES string of the molecule is COCc1cc2ccccc2c(Cc2[c-]cccc2)n1.[Ir]. The Balaban J connectivity index is 0.00000161. The van der Waals surface area contributed by atoms with E-state index in [0.29, 0.717) is 6.61 Å². The first kappa shape index (κ1) is 15.8. The summed E-state index contributed by atoms with van der Waals surface area (Å²) in [5, 5.41) is 2.41. The fourth-order valence-electron chi connectivity index (χ4n) is 2.41. The summed E-state index contributed by atoms with van der Waals surface area (Å²) in [4.78, 5) is 4.74. The molecule has 0 spiro atoms. The van der Waals surface area contributed by atoms with Gasteiger partial charge in [0.25, 0.3) is 0 Å². The number of hydrogen-bond acceptors (Lipinski definition) is 2. The van der Waals surface area contributed by atoms with Gasteiger partial charge in [0, 0.05) is 32.6 Å². The van der Waals surface area contributed by atoms with E-state index in [1.165, 1.54) is 10.8 Å².